The topological polar surface area (TPSA) is 52.6 Å². The van der Waals surface area contributed by atoms with Crippen LogP contribution in [0.25, 0.3) is 0 Å². The summed E-state index contributed by atoms with van der Waals surface area (Å²) >= 11 is 0. The van der Waals surface area contributed by atoms with Gasteiger partial charge >= 0.3 is 0 Å². The molecule has 1 aliphatic rings. The fourth-order valence-corrected chi connectivity index (χ4v) is 1.64. The molecule has 0 aromatic rings. The molecule has 0 aromatic carbocycles. The highest BCUT2D eigenvalue weighted by Crippen LogP contribution is 2.12. The van der Waals surface area contributed by atoms with E-state index in [1.165, 1.54) is 6.92 Å². The number of aliphatic hydroxyl groups is 1. The molecule has 76 valence electrons. The van der Waals surface area contributed by atoms with Gasteiger partial charge in [-0.25, -0.2) is 0 Å². The zero-order chi connectivity index (χ0) is 10.0. The summed E-state index contributed by atoms with van der Waals surface area (Å²) in [5.41, 5.74) is 0. The Morgan fingerprint density at radius 3 is 2.54 bits per heavy atom. The fourth-order valence-electron chi connectivity index (χ4n) is 1.64. The van der Waals surface area contributed by atoms with Gasteiger partial charge in [0, 0.05) is 26.1 Å². The molecule has 13 heavy (non-hydrogen) atoms. The molecule has 0 radical (unpaired) electrons. The van der Waals surface area contributed by atoms with Crippen molar-refractivity contribution in [1.82, 2.24) is 10.2 Å². The quantitative estimate of drug-likeness (QED) is 0.615. The van der Waals surface area contributed by atoms with Gasteiger partial charge in [-0.2, -0.15) is 0 Å². The molecule has 4 nitrogen and oxygen atoms in total. The molecule has 1 aliphatic heterocycles. The molecule has 0 saturated carbocycles. The number of aliphatic hydroxyl groups excluding tert-OH is 1. The van der Waals surface area contributed by atoms with Gasteiger partial charge in [0.2, 0.25) is 5.91 Å². The van der Waals surface area contributed by atoms with Gasteiger partial charge in [-0.1, -0.05) is 0 Å². The third kappa shape index (κ3) is 2.67. The lowest BCUT2D eigenvalue weighted by atomic mass is 10.2. The molecule has 0 unspecified atom stereocenters. The Kier molecular flexibility index (Phi) is 3.27. The predicted molar refractivity (Wildman–Crippen MR) is 50.3 cm³/mol. The first-order valence-electron chi connectivity index (χ1n) is 4.70. The summed E-state index contributed by atoms with van der Waals surface area (Å²) in [7, 11) is 0. The molecule has 2 N–H and O–H groups in total. The number of rotatable bonds is 2. The van der Waals surface area contributed by atoms with Crippen LogP contribution in [0.2, 0.25) is 0 Å². The highest BCUT2D eigenvalue weighted by molar-refractivity contribution is 5.73. The molecular weight excluding hydrogens is 168 g/mol. The van der Waals surface area contributed by atoms with E-state index in [-0.39, 0.29) is 11.9 Å². The van der Waals surface area contributed by atoms with Gasteiger partial charge in [0.25, 0.3) is 0 Å². The largest absolute Gasteiger partial charge is 0.390 e. The van der Waals surface area contributed by atoms with E-state index < -0.39 is 6.10 Å². The second kappa shape index (κ2) is 4.07. The lowest BCUT2D eigenvalue weighted by Gasteiger charge is -2.19. The van der Waals surface area contributed by atoms with Crippen molar-refractivity contribution in [1.29, 1.82) is 0 Å². The zero-order valence-corrected chi connectivity index (χ0v) is 8.45. The number of carbonyl (C=O) groups excluding carboxylic acids is 1. The third-order valence-corrected chi connectivity index (χ3v) is 2.44. The molecule has 0 bridgehead atoms. The Balaban J connectivity index is 2.46. The number of β-amino-alcohol motifs (C(OH)–C–C–N with tert-alkyl or cyclic N) is 1. The Hall–Kier alpha value is -0.610. The highest BCUT2D eigenvalue weighted by Gasteiger charge is 2.32. The SMILES string of the molecule is CC(=O)N[C@H]1CN(C(C)C)C[C@H]1O. The van der Waals surface area contributed by atoms with E-state index in [0.29, 0.717) is 12.6 Å². The normalized spacial score (nSPS) is 29.6. The van der Waals surface area contributed by atoms with Crippen LogP contribution >= 0.6 is 0 Å². The lowest BCUT2D eigenvalue weighted by molar-refractivity contribution is -0.120. The van der Waals surface area contributed by atoms with E-state index in [1.807, 2.05) is 0 Å². The van der Waals surface area contributed by atoms with E-state index in [0.717, 1.165) is 6.54 Å². The second-order valence-electron chi connectivity index (χ2n) is 3.92. The van der Waals surface area contributed by atoms with Crippen molar-refractivity contribution >= 4 is 5.91 Å². The van der Waals surface area contributed by atoms with Crippen molar-refractivity contribution in [2.75, 3.05) is 13.1 Å². The Morgan fingerprint density at radius 2 is 2.15 bits per heavy atom. The van der Waals surface area contributed by atoms with Gasteiger partial charge in [0.15, 0.2) is 0 Å². The van der Waals surface area contributed by atoms with Crippen LogP contribution in [-0.4, -0.2) is 47.2 Å². The lowest BCUT2D eigenvalue weighted by Crippen LogP contribution is -2.41. The maximum absolute atomic E-state index is 10.8. The van der Waals surface area contributed by atoms with E-state index >= 15 is 0 Å². The number of hydrogen-bond donors (Lipinski definition) is 2. The molecular formula is C9H18N2O2. The molecule has 1 heterocycles. The molecule has 1 fully saturated rings. The molecule has 1 amide bonds. The first-order valence-corrected chi connectivity index (χ1v) is 4.70. The first kappa shape index (κ1) is 10.5. The predicted octanol–water partition coefficient (Wildman–Crippen LogP) is -0.424. The minimum absolute atomic E-state index is 0.0744. The average molecular weight is 186 g/mol. The maximum atomic E-state index is 10.8. The van der Waals surface area contributed by atoms with E-state index in [2.05, 4.69) is 24.1 Å². The standard InChI is InChI=1S/C9H18N2O2/c1-6(2)11-4-8(9(13)5-11)10-7(3)12/h6,8-9,13H,4-5H2,1-3H3,(H,10,12)/t8-,9+/m0/s1. The average Bonchev–Trinajstić information content (AvgIpc) is 2.31. The van der Waals surface area contributed by atoms with Crippen LogP contribution in [0, 0.1) is 0 Å². The van der Waals surface area contributed by atoms with Gasteiger partial charge in [-0.3, -0.25) is 9.69 Å². The molecule has 1 rings (SSSR count). The smallest absolute Gasteiger partial charge is 0.217 e. The molecule has 4 heteroatoms. The Labute approximate surface area is 78.9 Å². The first-order chi connectivity index (χ1) is 6.00. The summed E-state index contributed by atoms with van der Waals surface area (Å²) in [6, 6.07) is 0.327. The summed E-state index contributed by atoms with van der Waals surface area (Å²) in [6.07, 6.45) is -0.425. The number of hydrogen-bond acceptors (Lipinski definition) is 3. The summed E-state index contributed by atoms with van der Waals surface area (Å²) in [6.45, 7) is 7.05. The maximum Gasteiger partial charge on any atom is 0.217 e. The van der Waals surface area contributed by atoms with Crippen LogP contribution in [0.1, 0.15) is 20.8 Å². The van der Waals surface area contributed by atoms with Crippen molar-refractivity contribution in [3.63, 3.8) is 0 Å². The molecule has 2 atom stereocenters. The highest BCUT2D eigenvalue weighted by atomic mass is 16.3. The van der Waals surface area contributed by atoms with Gasteiger partial charge in [0.1, 0.15) is 0 Å². The Bertz CT molecular complexity index is 194. The minimum Gasteiger partial charge on any atom is -0.390 e. The molecule has 0 spiro atoms. The van der Waals surface area contributed by atoms with Crippen LogP contribution in [0.3, 0.4) is 0 Å². The van der Waals surface area contributed by atoms with Crippen LogP contribution in [0.4, 0.5) is 0 Å². The Morgan fingerprint density at radius 1 is 1.54 bits per heavy atom. The summed E-state index contributed by atoms with van der Waals surface area (Å²) in [5, 5.41) is 12.3. The molecule has 0 aromatic heterocycles. The van der Waals surface area contributed by atoms with Crippen LogP contribution in [0.5, 0.6) is 0 Å². The third-order valence-electron chi connectivity index (χ3n) is 2.44. The van der Waals surface area contributed by atoms with Crippen molar-refractivity contribution in [2.45, 2.75) is 39.0 Å². The number of nitrogens with one attached hydrogen (secondary N) is 1. The zero-order valence-electron chi connectivity index (χ0n) is 8.45. The van der Waals surface area contributed by atoms with Crippen molar-refractivity contribution < 1.29 is 9.90 Å². The number of likely N-dealkylation sites (tertiary alicyclic amines) is 1. The van der Waals surface area contributed by atoms with Crippen LogP contribution < -0.4 is 5.32 Å². The van der Waals surface area contributed by atoms with Gasteiger partial charge in [-0.15, -0.1) is 0 Å². The number of carbonyl (C=O) groups is 1. The van der Waals surface area contributed by atoms with Crippen molar-refractivity contribution in [3.8, 4) is 0 Å². The van der Waals surface area contributed by atoms with E-state index in [4.69, 9.17) is 0 Å². The van der Waals surface area contributed by atoms with Crippen LogP contribution in [-0.2, 0) is 4.79 Å². The monoisotopic (exact) mass is 186 g/mol. The van der Waals surface area contributed by atoms with Crippen molar-refractivity contribution in [2.24, 2.45) is 0 Å². The van der Waals surface area contributed by atoms with Gasteiger partial charge in [0.05, 0.1) is 12.1 Å². The van der Waals surface area contributed by atoms with Gasteiger partial charge < -0.3 is 10.4 Å². The second-order valence-corrected chi connectivity index (χ2v) is 3.92. The number of amides is 1. The molecule has 1 saturated heterocycles. The van der Waals surface area contributed by atoms with Gasteiger partial charge in [-0.05, 0) is 13.8 Å². The van der Waals surface area contributed by atoms with Crippen LogP contribution in [0.15, 0.2) is 0 Å². The minimum atomic E-state index is -0.425. The fraction of sp³-hybridized carbons (Fsp3) is 0.889. The van der Waals surface area contributed by atoms with Crippen molar-refractivity contribution in [3.05, 3.63) is 0 Å². The van der Waals surface area contributed by atoms with E-state index in [1.54, 1.807) is 0 Å². The van der Waals surface area contributed by atoms with E-state index in [9.17, 15) is 9.90 Å². The summed E-state index contributed by atoms with van der Waals surface area (Å²) in [5.74, 6) is -0.0744. The summed E-state index contributed by atoms with van der Waals surface area (Å²) in [4.78, 5) is 12.9. The molecule has 0 aliphatic carbocycles. The summed E-state index contributed by atoms with van der Waals surface area (Å²) < 4.78 is 0. The number of nitrogens with zero attached hydrogens (tertiary/aromatic N) is 1.